The number of imidazole rings is 1. The Morgan fingerprint density at radius 1 is 0.981 bits per heavy atom. The smallest absolute Gasteiger partial charge is 0.254 e. The highest BCUT2D eigenvalue weighted by Gasteiger charge is 2.39. The number of aromatic nitrogens is 2. The maximum atomic E-state index is 15.0. The molecule has 1 aromatic heterocycles. The van der Waals surface area contributed by atoms with Crippen molar-refractivity contribution >= 4 is 29.5 Å². The molecule has 282 valence electrons. The lowest BCUT2D eigenvalue weighted by Crippen LogP contribution is -2.57. The van der Waals surface area contributed by atoms with Crippen molar-refractivity contribution in [2.75, 3.05) is 45.9 Å². The van der Waals surface area contributed by atoms with Gasteiger partial charge < -0.3 is 19.5 Å². The van der Waals surface area contributed by atoms with Crippen LogP contribution in [-0.4, -0.2) is 110 Å². The van der Waals surface area contributed by atoms with Gasteiger partial charge in [-0.15, -0.1) is 0 Å². The van der Waals surface area contributed by atoms with E-state index in [1.807, 2.05) is 51.1 Å². The van der Waals surface area contributed by atoms with E-state index in [1.165, 1.54) is 9.80 Å². The fourth-order valence-corrected chi connectivity index (χ4v) is 6.48. The molecule has 2 unspecified atom stereocenters. The van der Waals surface area contributed by atoms with E-state index in [0.717, 1.165) is 40.8 Å². The van der Waals surface area contributed by atoms with E-state index < -0.39 is 53.3 Å². The first-order valence-corrected chi connectivity index (χ1v) is 17.5. The number of benzene rings is 2. The Bertz CT molecular complexity index is 1850. The number of halogens is 2. The molecule has 0 radical (unpaired) electrons. The Labute approximate surface area is 306 Å². The summed E-state index contributed by atoms with van der Waals surface area (Å²) in [6, 6.07) is 11.9. The van der Waals surface area contributed by atoms with E-state index in [9.17, 15) is 33.5 Å². The average molecular weight is 734 g/mol. The van der Waals surface area contributed by atoms with Crippen LogP contribution in [0.3, 0.4) is 0 Å². The molecule has 5 rings (SSSR count). The zero-order valence-electron chi connectivity index (χ0n) is 30.3. The quantitative estimate of drug-likeness (QED) is 0.255. The molecule has 0 spiro atoms. The van der Waals surface area contributed by atoms with Crippen LogP contribution in [0, 0.1) is 23.0 Å². The molecule has 2 aliphatic rings. The third-order valence-corrected chi connectivity index (χ3v) is 9.38. The summed E-state index contributed by atoms with van der Waals surface area (Å²) < 4.78 is 31.1. The van der Waals surface area contributed by atoms with Gasteiger partial charge in [0.1, 0.15) is 30.6 Å². The van der Waals surface area contributed by atoms with Crippen molar-refractivity contribution in [1.29, 1.82) is 0 Å². The first-order chi connectivity index (χ1) is 25.2. The molecule has 1 saturated heterocycles. The van der Waals surface area contributed by atoms with Gasteiger partial charge >= 0.3 is 0 Å². The Morgan fingerprint density at radius 3 is 2.26 bits per heavy atom. The molecule has 3 aromatic rings. The number of carbonyl (C=O) groups excluding carboxylic acids is 5. The van der Waals surface area contributed by atoms with E-state index in [0.29, 0.717) is 25.5 Å². The van der Waals surface area contributed by atoms with Gasteiger partial charge in [-0.2, -0.15) is 0 Å². The zero-order chi connectivity index (χ0) is 38.4. The predicted molar refractivity (Wildman–Crippen MR) is 190 cm³/mol. The van der Waals surface area contributed by atoms with Crippen LogP contribution in [0.4, 0.5) is 8.78 Å². The lowest BCUT2D eigenvalue weighted by Gasteiger charge is -2.40. The van der Waals surface area contributed by atoms with Crippen LogP contribution >= 0.6 is 0 Å². The number of amides is 5. The number of rotatable bonds is 13. The van der Waals surface area contributed by atoms with E-state index in [4.69, 9.17) is 4.98 Å². The molecule has 53 heavy (non-hydrogen) atoms. The molecular weight excluding hydrogens is 688 g/mol. The van der Waals surface area contributed by atoms with E-state index in [1.54, 1.807) is 22.7 Å². The zero-order valence-corrected chi connectivity index (χ0v) is 30.3. The maximum absolute atomic E-state index is 15.0. The highest BCUT2D eigenvalue weighted by Crippen LogP contribution is 2.40. The lowest BCUT2D eigenvalue weighted by molar-refractivity contribution is -0.146. The Hall–Kier alpha value is -5.28. The lowest BCUT2D eigenvalue weighted by atomic mass is 9.84. The summed E-state index contributed by atoms with van der Waals surface area (Å²) in [6.45, 7) is 7.92. The normalized spacial score (nSPS) is 16.2. The molecule has 0 saturated carbocycles. The molecule has 0 aliphatic carbocycles. The Morgan fingerprint density at radius 2 is 1.64 bits per heavy atom. The summed E-state index contributed by atoms with van der Waals surface area (Å²) >= 11 is 0. The second kappa shape index (κ2) is 16.6. The second-order valence-electron chi connectivity index (χ2n) is 14.4. The molecule has 2 N–H and O–H groups in total. The molecule has 3 heterocycles. The Balaban J connectivity index is 1.30. The van der Waals surface area contributed by atoms with Gasteiger partial charge in [0.15, 0.2) is 0 Å². The average Bonchev–Trinajstić information content (AvgIpc) is 3.68. The van der Waals surface area contributed by atoms with Gasteiger partial charge in [0.2, 0.25) is 17.7 Å². The Kier molecular flexibility index (Phi) is 12.2. The standard InChI is InChI=1S/C38H45F2N7O6/c1-25(37(53)42-45-18-16-43(17-19-45)33(51)23-47-31(49)12-13-32(47)50)14-15-46(34(52)24-48)35(38(2,3)4)36-41-30(28-20-27(39)10-11-29(28)40)22-44(36)21-26-8-6-5-7-9-26/h5-13,20,22,25,35,48H,14-19,21,23-24H2,1-4H3,(H,42,53). The number of carbonyl (C=O) groups is 5. The molecule has 1 fully saturated rings. The van der Waals surface area contributed by atoms with E-state index in [-0.39, 0.29) is 55.7 Å². The van der Waals surface area contributed by atoms with Gasteiger partial charge in [0.25, 0.3) is 11.8 Å². The molecule has 2 aromatic carbocycles. The number of aliphatic hydroxyl groups excluding tert-OH is 1. The highest BCUT2D eigenvalue weighted by molar-refractivity contribution is 6.14. The SMILES string of the molecule is CC(CCN(C(=O)CO)C(c1nc(-c2cc(F)ccc2F)cn1Cc1ccccc1)C(C)(C)C)C(=O)NN1CCN(C(=O)CN2C(=O)C=CC2=O)CC1. The van der Waals surface area contributed by atoms with Gasteiger partial charge in [-0.1, -0.05) is 58.0 Å². The minimum Gasteiger partial charge on any atom is -0.387 e. The number of aliphatic hydroxyl groups is 1. The summed E-state index contributed by atoms with van der Waals surface area (Å²) in [5.74, 6) is -3.77. The molecule has 0 bridgehead atoms. The molecule has 13 nitrogen and oxygen atoms in total. The van der Waals surface area contributed by atoms with Crippen molar-refractivity contribution in [3.63, 3.8) is 0 Å². The van der Waals surface area contributed by atoms with Gasteiger partial charge in [0.05, 0.1) is 11.7 Å². The van der Waals surface area contributed by atoms with Gasteiger partial charge in [0, 0.05) is 69.1 Å². The van der Waals surface area contributed by atoms with Crippen LogP contribution in [0.1, 0.15) is 51.5 Å². The molecule has 5 amide bonds. The fraction of sp³-hybridized carbons (Fsp3) is 0.421. The van der Waals surface area contributed by atoms with Gasteiger partial charge in [-0.05, 0) is 35.6 Å². The summed E-state index contributed by atoms with van der Waals surface area (Å²) in [5, 5.41) is 11.8. The molecule has 2 atom stereocenters. The minimum atomic E-state index is -0.794. The first kappa shape index (κ1) is 38.9. The maximum Gasteiger partial charge on any atom is 0.254 e. The number of nitrogens with zero attached hydrogens (tertiary/aromatic N) is 6. The van der Waals surface area contributed by atoms with Gasteiger partial charge in [-0.3, -0.25) is 34.3 Å². The molecular formula is C38H45F2N7O6. The molecule has 15 heteroatoms. The van der Waals surface area contributed by atoms with Gasteiger partial charge in [-0.25, -0.2) is 18.8 Å². The second-order valence-corrected chi connectivity index (χ2v) is 14.4. The minimum absolute atomic E-state index is 0.0321. The van der Waals surface area contributed by atoms with E-state index >= 15 is 4.39 Å². The van der Waals surface area contributed by atoms with Crippen molar-refractivity contribution in [3.05, 3.63) is 89.9 Å². The highest BCUT2D eigenvalue weighted by atomic mass is 19.1. The molecule has 2 aliphatic heterocycles. The van der Waals surface area contributed by atoms with Crippen LogP contribution in [0.25, 0.3) is 11.3 Å². The summed E-state index contributed by atoms with van der Waals surface area (Å²) in [4.78, 5) is 71.9. The van der Waals surface area contributed by atoms with E-state index in [2.05, 4.69) is 5.43 Å². The van der Waals surface area contributed by atoms with Crippen LogP contribution in [0.2, 0.25) is 0 Å². The van der Waals surface area contributed by atoms with Crippen molar-refractivity contribution in [1.82, 2.24) is 34.7 Å². The van der Waals surface area contributed by atoms with Crippen molar-refractivity contribution in [3.8, 4) is 11.3 Å². The summed E-state index contributed by atoms with van der Waals surface area (Å²) in [7, 11) is 0. The van der Waals surface area contributed by atoms with Crippen molar-refractivity contribution in [2.45, 2.75) is 46.7 Å². The number of nitrogens with one attached hydrogen (secondary N) is 1. The number of imide groups is 1. The third kappa shape index (κ3) is 9.40. The summed E-state index contributed by atoms with van der Waals surface area (Å²) in [6.07, 6.45) is 4.10. The van der Waals surface area contributed by atoms with Crippen LogP contribution in [0.15, 0.2) is 66.9 Å². The van der Waals surface area contributed by atoms with Crippen LogP contribution in [-0.2, 0) is 30.5 Å². The van der Waals surface area contributed by atoms with Crippen molar-refractivity contribution in [2.24, 2.45) is 11.3 Å². The predicted octanol–water partition coefficient (Wildman–Crippen LogP) is 2.91. The largest absolute Gasteiger partial charge is 0.387 e. The number of hydrogen-bond donors (Lipinski definition) is 2. The number of piperazine rings is 1. The van der Waals surface area contributed by atoms with Crippen molar-refractivity contribution < 1.29 is 37.9 Å². The topological polar surface area (TPSA) is 148 Å². The summed E-state index contributed by atoms with van der Waals surface area (Å²) in [5.41, 5.74) is 3.28. The van der Waals surface area contributed by atoms with Crippen LogP contribution in [0.5, 0.6) is 0 Å². The monoisotopic (exact) mass is 733 g/mol. The number of hydrogen-bond acceptors (Lipinski definition) is 8. The van der Waals surface area contributed by atoms with Crippen LogP contribution < -0.4 is 5.43 Å². The first-order valence-electron chi connectivity index (χ1n) is 17.5. The third-order valence-electron chi connectivity index (χ3n) is 9.38. The number of hydrazine groups is 1. The fourth-order valence-electron chi connectivity index (χ4n) is 6.48.